The minimum absolute atomic E-state index is 0.0988. The maximum atomic E-state index is 13.3. The Bertz CT molecular complexity index is 932. The summed E-state index contributed by atoms with van der Waals surface area (Å²) in [5.41, 5.74) is 1.10. The molecule has 9 nitrogen and oxygen atoms in total. The van der Waals surface area contributed by atoms with Crippen LogP contribution in [0.1, 0.15) is 70.8 Å². The van der Waals surface area contributed by atoms with Crippen LogP contribution in [0.15, 0.2) is 30.3 Å². The van der Waals surface area contributed by atoms with Crippen molar-refractivity contribution in [3.63, 3.8) is 0 Å². The summed E-state index contributed by atoms with van der Waals surface area (Å²) in [6, 6.07) is 8.10. The molecule has 0 radical (unpaired) electrons. The van der Waals surface area contributed by atoms with Gasteiger partial charge in [0.2, 0.25) is 11.8 Å². The molecule has 3 rings (SSSR count). The summed E-state index contributed by atoms with van der Waals surface area (Å²) in [4.78, 5) is 50.9. The molecule has 1 saturated heterocycles. The molecule has 9 heteroatoms. The molecule has 1 aliphatic carbocycles. The van der Waals surface area contributed by atoms with Crippen LogP contribution in [0.4, 0.5) is 4.79 Å². The topological polar surface area (TPSA) is 123 Å². The van der Waals surface area contributed by atoms with Crippen molar-refractivity contribution in [2.24, 2.45) is 17.8 Å². The third kappa shape index (κ3) is 9.03. The van der Waals surface area contributed by atoms with E-state index in [9.17, 15) is 19.2 Å². The Labute approximate surface area is 225 Å². The summed E-state index contributed by atoms with van der Waals surface area (Å²) in [6.07, 6.45) is 6.25. The summed E-state index contributed by atoms with van der Waals surface area (Å²) >= 11 is 0. The van der Waals surface area contributed by atoms with Crippen LogP contribution in [0.5, 0.6) is 0 Å². The van der Waals surface area contributed by atoms with Gasteiger partial charge < -0.3 is 25.4 Å². The molecular weight excluding hydrogens is 486 g/mol. The molecule has 3 unspecified atom stereocenters. The Hall–Kier alpha value is -3.10. The molecule has 38 heavy (non-hydrogen) atoms. The fourth-order valence-corrected chi connectivity index (χ4v) is 5.46. The monoisotopic (exact) mass is 529 g/mol. The second-order valence-corrected chi connectivity index (χ2v) is 11.0. The van der Waals surface area contributed by atoms with Crippen LogP contribution >= 0.6 is 0 Å². The highest BCUT2D eigenvalue weighted by molar-refractivity contribution is 5.90. The molecule has 3 amide bonds. The highest BCUT2D eigenvalue weighted by Crippen LogP contribution is 2.30. The van der Waals surface area contributed by atoms with Crippen molar-refractivity contribution in [1.29, 1.82) is 0 Å². The molecule has 4 atom stereocenters. The highest BCUT2D eigenvalue weighted by atomic mass is 16.6. The first-order valence-corrected chi connectivity index (χ1v) is 13.9. The maximum Gasteiger partial charge on any atom is 0.408 e. The van der Waals surface area contributed by atoms with Crippen LogP contribution in [0.25, 0.3) is 0 Å². The fourth-order valence-electron chi connectivity index (χ4n) is 5.46. The van der Waals surface area contributed by atoms with E-state index >= 15 is 0 Å². The Morgan fingerprint density at radius 1 is 1.00 bits per heavy atom. The van der Waals surface area contributed by atoms with Gasteiger partial charge in [-0.2, -0.15) is 0 Å². The molecule has 1 aromatic carbocycles. The number of esters is 1. The first-order chi connectivity index (χ1) is 18.3. The second kappa shape index (κ2) is 14.7. The van der Waals surface area contributed by atoms with Crippen LogP contribution in [0, 0.1) is 17.8 Å². The predicted octanol–water partition coefficient (Wildman–Crippen LogP) is 3.50. The molecule has 2 aliphatic rings. The van der Waals surface area contributed by atoms with Gasteiger partial charge in [0.15, 0.2) is 0 Å². The molecule has 3 N–H and O–H groups in total. The number of methoxy groups -OCH3 is 1. The summed E-state index contributed by atoms with van der Waals surface area (Å²) in [5, 5.41) is 8.23. The lowest BCUT2D eigenvalue weighted by Gasteiger charge is -2.31. The highest BCUT2D eigenvalue weighted by Gasteiger charge is 2.34. The smallest absolute Gasteiger partial charge is 0.408 e. The third-order valence-corrected chi connectivity index (χ3v) is 7.51. The number of carbonyl (C=O) groups is 4. The molecule has 210 valence electrons. The number of amides is 3. The molecule has 1 aromatic rings. The number of ether oxygens (including phenoxy) is 2. The zero-order valence-electron chi connectivity index (χ0n) is 22.9. The standard InChI is InChI=1S/C29H43N3O6/c1-19(2)16-23(27(34)31-24(28(35)37-3)18-22-14-15-30-26(22)33)32-29(36)38-25(21-12-8-5-9-13-21)17-20-10-6-4-7-11-20/h4,6-7,10-11,19,21-25H,5,8-9,12-18H2,1-3H3,(H,30,33)(H,31,34)(H,32,36)/t22-,23?,24?,25?/m0/s1. The zero-order chi connectivity index (χ0) is 27.5. The van der Waals surface area contributed by atoms with E-state index in [1.54, 1.807) is 0 Å². The molecule has 2 fully saturated rings. The number of hydrogen-bond donors (Lipinski definition) is 3. The van der Waals surface area contributed by atoms with Crippen LogP contribution in [0.3, 0.4) is 0 Å². The average Bonchev–Trinajstić information content (AvgIpc) is 3.31. The molecule has 1 aliphatic heterocycles. The molecular formula is C29H43N3O6. The molecule has 1 heterocycles. The SMILES string of the molecule is COC(=O)C(C[C@@H]1CCNC1=O)NC(=O)C(CC(C)C)NC(=O)OC(Cc1ccccc1)C1CCCCC1. The minimum Gasteiger partial charge on any atom is -0.467 e. The zero-order valence-corrected chi connectivity index (χ0v) is 22.9. The Morgan fingerprint density at radius 2 is 1.71 bits per heavy atom. The molecule has 1 saturated carbocycles. The number of nitrogens with one attached hydrogen (secondary N) is 3. The largest absolute Gasteiger partial charge is 0.467 e. The summed E-state index contributed by atoms with van der Waals surface area (Å²) < 4.78 is 10.9. The van der Waals surface area contributed by atoms with Crippen LogP contribution < -0.4 is 16.0 Å². The van der Waals surface area contributed by atoms with E-state index < -0.39 is 30.1 Å². The van der Waals surface area contributed by atoms with E-state index in [1.807, 2.05) is 44.2 Å². The first kappa shape index (κ1) is 29.5. The lowest BCUT2D eigenvalue weighted by Crippen LogP contribution is -2.53. The van der Waals surface area contributed by atoms with Crippen molar-refractivity contribution in [2.75, 3.05) is 13.7 Å². The maximum absolute atomic E-state index is 13.3. The van der Waals surface area contributed by atoms with Crippen molar-refractivity contribution in [3.8, 4) is 0 Å². The second-order valence-electron chi connectivity index (χ2n) is 11.0. The van der Waals surface area contributed by atoms with E-state index in [1.165, 1.54) is 13.5 Å². The Morgan fingerprint density at radius 3 is 2.32 bits per heavy atom. The van der Waals surface area contributed by atoms with E-state index in [0.29, 0.717) is 25.8 Å². The summed E-state index contributed by atoms with van der Waals surface area (Å²) in [6.45, 7) is 4.45. The van der Waals surface area contributed by atoms with Gasteiger partial charge in [-0.25, -0.2) is 9.59 Å². The summed E-state index contributed by atoms with van der Waals surface area (Å²) in [5.74, 6) is -1.27. The van der Waals surface area contributed by atoms with Crippen molar-refractivity contribution in [1.82, 2.24) is 16.0 Å². The average molecular weight is 530 g/mol. The normalized spacial score (nSPS) is 20.2. The fraction of sp³-hybridized carbons (Fsp3) is 0.655. The van der Waals surface area contributed by atoms with Crippen molar-refractivity contribution in [3.05, 3.63) is 35.9 Å². The van der Waals surface area contributed by atoms with Crippen molar-refractivity contribution in [2.45, 2.75) is 89.8 Å². The molecule has 0 aromatic heterocycles. The van der Waals surface area contributed by atoms with Gasteiger partial charge in [0.25, 0.3) is 0 Å². The predicted molar refractivity (Wildman–Crippen MR) is 143 cm³/mol. The quantitative estimate of drug-likeness (QED) is 0.356. The van der Waals surface area contributed by atoms with Gasteiger partial charge in [-0.15, -0.1) is 0 Å². The number of carbonyl (C=O) groups excluding carboxylic acids is 4. The molecule has 0 bridgehead atoms. The lowest BCUT2D eigenvalue weighted by molar-refractivity contribution is -0.146. The van der Waals surface area contributed by atoms with Gasteiger partial charge in [0.05, 0.1) is 7.11 Å². The van der Waals surface area contributed by atoms with E-state index in [2.05, 4.69) is 16.0 Å². The van der Waals surface area contributed by atoms with Gasteiger partial charge >= 0.3 is 12.1 Å². The van der Waals surface area contributed by atoms with Gasteiger partial charge in [0.1, 0.15) is 18.2 Å². The number of hydrogen-bond acceptors (Lipinski definition) is 6. The van der Waals surface area contributed by atoms with Crippen LogP contribution in [0.2, 0.25) is 0 Å². The first-order valence-electron chi connectivity index (χ1n) is 13.9. The van der Waals surface area contributed by atoms with Crippen molar-refractivity contribution >= 4 is 23.9 Å². The van der Waals surface area contributed by atoms with Crippen LogP contribution in [-0.2, 0) is 30.3 Å². The van der Waals surface area contributed by atoms with E-state index in [0.717, 1.165) is 31.2 Å². The molecule has 0 spiro atoms. The van der Waals surface area contributed by atoms with E-state index in [4.69, 9.17) is 9.47 Å². The number of benzene rings is 1. The minimum atomic E-state index is -0.984. The van der Waals surface area contributed by atoms with Gasteiger partial charge in [-0.1, -0.05) is 63.4 Å². The summed E-state index contributed by atoms with van der Waals surface area (Å²) in [7, 11) is 1.25. The van der Waals surface area contributed by atoms with Crippen molar-refractivity contribution < 1.29 is 28.7 Å². The van der Waals surface area contributed by atoms with Gasteiger partial charge in [-0.05, 0) is 49.5 Å². The Kier molecular flexibility index (Phi) is 11.4. The number of rotatable bonds is 12. The third-order valence-electron chi connectivity index (χ3n) is 7.51. The van der Waals surface area contributed by atoms with E-state index in [-0.39, 0.29) is 36.2 Å². The van der Waals surface area contributed by atoms with Gasteiger partial charge in [0, 0.05) is 18.9 Å². The van der Waals surface area contributed by atoms with Crippen LogP contribution in [-0.4, -0.2) is 55.7 Å². The van der Waals surface area contributed by atoms with Gasteiger partial charge in [-0.3, -0.25) is 9.59 Å². The Balaban J connectivity index is 1.67. The lowest BCUT2D eigenvalue weighted by atomic mass is 9.83. The number of alkyl carbamates (subject to hydrolysis) is 1.